The number of carbonyl (C=O) groups excluding carboxylic acids is 2. The van der Waals surface area contributed by atoms with Gasteiger partial charge in [0.1, 0.15) is 11.8 Å². The molecule has 5 heteroatoms. The van der Waals surface area contributed by atoms with Crippen molar-refractivity contribution in [1.29, 1.82) is 0 Å². The lowest BCUT2D eigenvalue weighted by Crippen LogP contribution is -2.41. The third kappa shape index (κ3) is 4.37. The Morgan fingerprint density at radius 1 is 1.22 bits per heavy atom. The Morgan fingerprint density at radius 3 is 2.33 bits per heavy atom. The second-order valence-corrected chi connectivity index (χ2v) is 3.97. The summed E-state index contributed by atoms with van der Waals surface area (Å²) in [5.74, 6) is -1.69. The minimum absolute atomic E-state index is 0.100. The fraction of sp³-hybridized carbons (Fsp3) is 0.308. The smallest absolute Gasteiger partial charge is 0.326 e. The van der Waals surface area contributed by atoms with Crippen LogP contribution in [0.15, 0.2) is 30.3 Å². The number of aliphatic carboxylic acids is 1. The van der Waals surface area contributed by atoms with E-state index in [-0.39, 0.29) is 18.6 Å². The van der Waals surface area contributed by atoms with Gasteiger partial charge in [-0.1, -0.05) is 18.2 Å². The van der Waals surface area contributed by atoms with E-state index in [2.05, 4.69) is 5.32 Å². The van der Waals surface area contributed by atoms with Gasteiger partial charge >= 0.3 is 5.97 Å². The molecule has 0 radical (unpaired) electrons. The van der Waals surface area contributed by atoms with Crippen LogP contribution >= 0.6 is 0 Å². The number of ketones is 1. The molecule has 0 aromatic heterocycles. The maximum Gasteiger partial charge on any atom is 0.326 e. The summed E-state index contributed by atoms with van der Waals surface area (Å²) in [7, 11) is 0. The molecular weight excluding hydrogens is 234 g/mol. The van der Waals surface area contributed by atoms with Crippen LogP contribution in [0.5, 0.6) is 0 Å². The van der Waals surface area contributed by atoms with Gasteiger partial charge in [0, 0.05) is 12.0 Å². The number of hydrogen-bond donors (Lipinski definition) is 2. The molecule has 0 aliphatic carbocycles. The van der Waals surface area contributed by atoms with E-state index in [4.69, 9.17) is 5.11 Å². The molecule has 0 unspecified atom stereocenters. The zero-order valence-corrected chi connectivity index (χ0v) is 10.1. The molecule has 96 valence electrons. The first-order chi connectivity index (χ1) is 8.50. The van der Waals surface area contributed by atoms with Crippen molar-refractivity contribution >= 4 is 17.7 Å². The predicted molar refractivity (Wildman–Crippen MR) is 65.2 cm³/mol. The fourth-order valence-electron chi connectivity index (χ4n) is 1.44. The standard InChI is InChI=1S/C13H15NO4/c1-9(15)7-8-11(13(17)18)14-12(16)10-5-3-2-4-6-10/h2-6,11H,7-8H2,1H3,(H,14,16)(H,17,18)/t11-/m1/s1. The zero-order valence-electron chi connectivity index (χ0n) is 10.1. The lowest BCUT2D eigenvalue weighted by molar-refractivity contribution is -0.139. The van der Waals surface area contributed by atoms with Gasteiger partial charge in [0.2, 0.25) is 0 Å². The van der Waals surface area contributed by atoms with E-state index < -0.39 is 17.9 Å². The van der Waals surface area contributed by atoms with Crippen LogP contribution in [-0.2, 0) is 9.59 Å². The van der Waals surface area contributed by atoms with Crippen LogP contribution in [0, 0.1) is 0 Å². The molecule has 0 aliphatic rings. The number of Topliss-reactive ketones (excluding diaryl/α,β-unsaturated/α-hetero) is 1. The van der Waals surface area contributed by atoms with Crippen molar-refractivity contribution in [3.8, 4) is 0 Å². The van der Waals surface area contributed by atoms with E-state index in [0.29, 0.717) is 5.56 Å². The van der Waals surface area contributed by atoms with Gasteiger partial charge in [-0.2, -0.15) is 0 Å². The molecule has 5 nitrogen and oxygen atoms in total. The molecule has 0 spiro atoms. The maximum absolute atomic E-state index is 11.7. The highest BCUT2D eigenvalue weighted by Gasteiger charge is 2.20. The van der Waals surface area contributed by atoms with Crippen LogP contribution in [0.3, 0.4) is 0 Å². The minimum Gasteiger partial charge on any atom is -0.480 e. The van der Waals surface area contributed by atoms with E-state index in [1.807, 2.05) is 0 Å². The zero-order chi connectivity index (χ0) is 13.5. The fourth-order valence-corrected chi connectivity index (χ4v) is 1.44. The van der Waals surface area contributed by atoms with E-state index >= 15 is 0 Å². The summed E-state index contributed by atoms with van der Waals surface area (Å²) in [4.78, 5) is 33.5. The second kappa shape index (κ2) is 6.54. The topological polar surface area (TPSA) is 83.5 Å². The Hall–Kier alpha value is -2.17. The Balaban J connectivity index is 2.64. The van der Waals surface area contributed by atoms with Crippen LogP contribution in [0.1, 0.15) is 30.1 Å². The first kappa shape index (κ1) is 13.9. The van der Waals surface area contributed by atoms with Gasteiger partial charge in [-0.3, -0.25) is 4.79 Å². The highest BCUT2D eigenvalue weighted by atomic mass is 16.4. The number of nitrogens with one attached hydrogen (secondary N) is 1. The van der Waals surface area contributed by atoms with Crippen molar-refractivity contribution in [3.63, 3.8) is 0 Å². The summed E-state index contributed by atoms with van der Waals surface area (Å²) in [5.41, 5.74) is 0.395. The lowest BCUT2D eigenvalue weighted by Gasteiger charge is -2.13. The predicted octanol–water partition coefficient (Wildman–Crippen LogP) is 1.24. The van der Waals surface area contributed by atoms with Gasteiger partial charge in [-0.25, -0.2) is 4.79 Å². The molecule has 2 N–H and O–H groups in total. The number of rotatable bonds is 6. The van der Waals surface area contributed by atoms with Gasteiger partial charge in [0.05, 0.1) is 0 Å². The molecule has 1 rings (SSSR count). The lowest BCUT2D eigenvalue weighted by atomic mass is 10.1. The molecule has 18 heavy (non-hydrogen) atoms. The number of carboxylic acid groups (broad SMARTS) is 1. The Morgan fingerprint density at radius 2 is 1.83 bits per heavy atom. The maximum atomic E-state index is 11.7. The monoisotopic (exact) mass is 249 g/mol. The average Bonchev–Trinajstić information content (AvgIpc) is 2.34. The molecule has 0 fully saturated rings. The minimum atomic E-state index is -1.14. The Kier molecular flexibility index (Phi) is 5.05. The van der Waals surface area contributed by atoms with Crippen molar-refractivity contribution in [1.82, 2.24) is 5.32 Å². The first-order valence-corrected chi connectivity index (χ1v) is 5.59. The summed E-state index contributed by atoms with van der Waals surface area (Å²) in [6.45, 7) is 1.39. The van der Waals surface area contributed by atoms with E-state index in [1.54, 1.807) is 30.3 Å². The van der Waals surface area contributed by atoms with Crippen molar-refractivity contribution in [3.05, 3.63) is 35.9 Å². The third-order valence-electron chi connectivity index (χ3n) is 2.42. The van der Waals surface area contributed by atoms with Gasteiger partial charge < -0.3 is 15.2 Å². The molecule has 0 saturated heterocycles. The van der Waals surface area contributed by atoms with Gasteiger partial charge in [-0.15, -0.1) is 0 Å². The number of amides is 1. The normalized spacial score (nSPS) is 11.6. The number of benzene rings is 1. The number of carbonyl (C=O) groups is 3. The van der Waals surface area contributed by atoms with Gasteiger partial charge in [0.25, 0.3) is 5.91 Å². The summed E-state index contributed by atoms with van der Waals surface area (Å²) in [6, 6.07) is 7.31. The van der Waals surface area contributed by atoms with Crippen molar-refractivity contribution in [2.75, 3.05) is 0 Å². The highest BCUT2D eigenvalue weighted by molar-refractivity contribution is 5.96. The van der Waals surface area contributed by atoms with Crippen LogP contribution in [0.2, 0.25) is 0 Å². The SMILES string of the molecule is CC(=O)CC[C@@H](NC(=O)c1ccccc1)C(=O)O. The summed E-state index contributed by atoms with van der Waals surface area (Å²) in [5, 5.41) is 11.4. The largest absolute Gasteiger partial charge is 0.480 e. The highest BCUT2D eigenvalue weighted by Crippen LogP contribution is 2.03. The molecule has 1 amide bonds. The van der Waals surface area contributed by atoms with Gasteiger partial charge in [0.15, 0.2) is 0 Å². The van der Waals surface area contributed by atoms with Crippen molar-refractivity contribution < 1.29 is 19.5 Å². The Labute approximate surface area is 105 Å². The average molecular weight is 249 g/mol. The van der Waals surface area contributed by atoms with Crippen molar-refractivity contribution in [2.24, 2.45) is 0 Å². The molecule has 1 aromatic rings. The third-order valence-corrected chi connectivity index (χ3v) is 2.42. The van der Waals surface area contributed by atoms with Crippen LogP contribution in [-0.4, -0.2) is 28.8 Å². The second-order valence-electron chi connectivity index (χ2n) is 3.97. The molecule has 0 aliphatic heterocycles. The first-order valence-electron chi connectivity index (χ1n) is 5.59. The molecule has 1 aromatic carbocycles. The van der Waals surface area contributed by atoms with Crippen LogP contribution in [0.25, 0.3) is 0 Å². The summed E-state index contributed by atoms with van der Waals surface area (Å²) >= 11 is 0. The molecule has 0 bridgehead atoms. The van der Waals surface area contributed by atoms with Crippen molar-refractivity contribution in [2.45, 2.75) is 25.8 Å². The van der Waals surface area contributed by atoms with E-state index in [0.717, 1.165) is 0 Å². The molecule has 0 heterocycles. The van der Waals surface area contributed by atoms with Crippen LogP contribution < -0.4 is 5.32 Å². The van der Waals surface area contributed by atoms with E-state index in [1.165, 1.54) is 6.92 Å². The summed E-state index contributed by atoms with van der Waals surface area (Å²) < 4.78 is 0. The quantitative estimate of drug-likeness (QED) is 0.794. The molecule has 1 atom stereocenters. The number of hydrogen-bond acceptors (Lipinski definition) is 3. The van der Waals surface area contributed by atoms with Crippen LogP contribution in [0.4, 0.5) is 0 Å². The van der Waals surface area contributed by atoms with E-state index in [9.17, 15) is 14.4 Å². The molecular formula is C13H15NO4. The number of carboxylic acids is 1. The molecule has 0 saturated carbocycles. The Bertz CT molecular complexity index is 442. The summed E-state index contributed by atoms with van der Waals surface area (Å²) in [6.07, 6.45) is 0.231. The van der Waals surface area contributed by atoms with Gasteiger partial charge in [-0.05, 0) is 25.5 Å².